The highest BCUT2D eigenvalue weighted by atomic mass is 16.2. The van der Waals surface area contributed by atoms with E-state index in [1.54, 1.807) is 0 Å². The number of nitrogens with zero attached hydrogens (tertiary/aromatic N) is 1. The molecule has 0 aromatic heterocycles. The monoisotopic (exact) mass is 235 g/mol. The number of nitrogens with one attached hydrogen (secondary N) is 2. The van der Waals surface area contributed by atoms with E-state index in [0.717, 1.165) is 12.1 Å². The molecule has 0 unspecified atom stereocenters. The molecule has 0 saturated carbocycles. The molecule has 4 nitrogen and oxygen atoms in total. The van der Waals surface area contributed by atoms with Crippen LogP contribution in [0.3, 0.4) is 0 Å². The molecule has 1 aromatic rings. The molecule has 0 aliphatic rings. The van der Waals surface area contributed by atoms with Crippen LogP contribution in [0.25, 0.3) is 0 Å². The van der Waals surface area contributed by atoms with Crippen molar-refractivity contribution in [3.63, 3.8) is 0 Å². The summed E-state index contributed by atoms with van der Waals surface area (Å²) in [6.45, 7) is 4.12. The first-order valence-corrected chi connectivity index (χ1v) is 5.80. The van der Waals surface area contributed by atoms with Crippen molar-refractivity contribution in [3.05, 3.63) is 35.4 Å². The van der Waals surface area contributed by atoms with E-state index < -0.39 is 0 Å². The van der Waals surface area contributed by atoms with Gasteiger partial charge in [0.2, 0.25) is 0 Å². The normalized spacial score (nSPS) is 10.4. The molecule has 0 bridgehead atoms. The lowest BCUT2D eigenvalue weighted by Crippen LogP contribution is -2.38. The van der Waals surface area contributed by atoms with E-state index in [9.17, 15) is 4.79 Å². The lowest BCUT2D eigenvalue weighted by molar-refractivity contribution is 0.239. The number of likely N-dealkylation sites (N-methyl/N-ethyl adjacent to an activating group) is 1. The van der Waals surface area contributed by atoms with Crippen LogP contribution < -0.4 is 10.6 Å². The van der Waals surface area contributed by atoms with Crippen LogP contribution in [0.15, 0.2) is 24.3 Å². The Morgan fingerprint density at radius 1 is 1.24 bits per heavy atom. The predicted molar refractivity (Wildman–Crippen MR) is 70.0 cm³/mol. The third-order valence-corrected chi connectivity index (χ3v) is 2.55. The Bertz CT molecular complexity index is 363. The summed E-state index contributed by atoms with van der Waals surface area (Å²) in [6.07, 6.45) is 0. The molecule has 0 radical (unpaired) electrons. The Hall–Kier alpha value is -1.55. The first kappa shape index (κ1) is 13.5. The molecule has 0 heterocycles. The molecule has 1 aromatic carbocycles. The molecule has 2 amide bonds. The van der Waals surface area contributed by atoms with Gasteiger partial charge in [0, 0.05) is 19.6 Å². The summed E-state index contributed by atoms with van der Waals surface area (Å²) in [7, 11) is 3.96. The van der Waals surface area contributed by atoms with E-state index >= 15 is 0 Å². The second kappa shape index (κ2) is 6.91. The number of urea groups is 1. The molecule has 94 valence electrons. The summed E-state index contributed by atoms with van der Waals surface area (Å²) in [4.78, 5) is 13.5. The van der Waals surface area contributed by atoms with Crippen molar-refractivity contribution in [2.45, 2.75) is 13.5 Å². The molecule has 1 rings (SSSR count). The SMILES string of the molecule is Cc1ccccc1CNC(=O)NCCN(C)C. The van der Waals surface area contributed by atoms with Gasteiger partial charge in [-0.1, -0.05) is 24.3 Å². The topological polar surface area (TPSA) is 44.4 Å². The summed E-state index contributed by atoms with van der Waals surface area (Å²) >= 11 is 0. The van der Waals surface area contributed by atoms with Crippen molar-refractivity contribution in [2.24, 2.45) is 0 Å². The zero-order valence-corrected chi connectivity index (χ0v) is 10.8. The minimum absolute atomic E-state index is 0.116. The lowest BCUT2D eigenvalue weighted by Gasteiger charge is -2.12. The molecule has 2 N–H and O–H groups in total. The van der Waals surface area contributed by atoms with E-state index in [4.69, 9.17) is 0 Å². The summed E-state index contributed by atoms with van der Waals surface area (Å²) in [5.41, 5.74) is 2.34. The summed E-state index contributed by atoms with van der Waals surface area (Å²) in [5, 5.41) is 5.66. The Morgan fingerprint density at radius 3 is 2.59 bits per heavy atom. The molecule has 17 heavy (non-hydrogen) atoms. The number of carbonyl (C=O) groups is 1. The van der Waals surface area contributed by atoms with Gasteiger partial charge in [0.05, 0.1) is 0 Å². The van der Waals surface area contributed by atoms with Gasteiger partial charge in [-0.05, 0) is 32.1 Å². The van der Waals surface area contributed by atoms with Gasteiger partial charge in [-0.25, -0.2) is 4.79 Å². The van der Waals surface area contributed by atoms with Crippen LogP contribution >= 0.6 is 0 Å². The van der Waals surface area contributed by atoms with Gasteiger partial charge in [0.15, 0.2) is 0 Å². The van der Waals surface area contributed by atoms with E-state index in [0.29, 0.717) is 13.1 Å². The van der Waals surface area contributed by atoms with Crippen LogP contribution in [0.4, 0.5) is 4.79 Å². The maximum atomic E-state index is 11.5. The van der Waals surface area contributed by atoms with Crippen LogP contribution in [0.1, 0.15) is 11.1 Å². The molecular weight excluding hydrogens is 214 g/mol. The van der Waals surface area contributed by atoms with Gasteiger partial charge in [0.1, 0.15) is 0 Å². The average Bonchev–Trinajstić information content (AvgIpc) is 2.27. The largest absolute Gasteiger partial charge is 0.337 e. The van der Waals surface area contributed by atoms with Crippen LogP contribution in [-0.2, 0) is 6.54 Å². The zero-order valence-electron chi connectivity index (χ0n) is 10.8. The number of aryl methyl sites for hydroxylation is 1. The van der Waals surface area contributed by atoms with Crippen molar-refractivity contribution in [1.29, 1.82) is 0 Å². The van der Waals surface area contributed by atoms with E-state index in [2.05, 4.69) is 10.6 Å². The van der Waals surface area contributed by atoms with Crippen molar-refractivity contribution < 1.29 is 4.79 Å². The minimum Gasteiger partial charge on any atom is -0.337 e. The minimum atomic E-state index is -0.116. The fourth-order valence-electron chi connectivity index (χ4n) is 1.44. The number of rotatable bonds is 5. The maximum Gasteiger partial charge on any atom is 0.315 e. The summed E-state index contributed by atoms with van der Waals surface area (Å²) < 4.78 is 0. The quantitative estimate of drug-likeness (QED) is 0.809. The van der Waals surface area contributed by atoms with Crippen LogP contribution in [-0.4, -0.2) is 38.1 Å². The van der Waals surface area contributed by atoms with Crippen molar-refractivity contribution in [1.82, 2.24) is 15.5 Å². The van der Waals surface area contributed by atoms with Crippen molar-refractivity contribution in [3.8, 4) is 0 Å². The Labute approximate surface area is 103 Å². The van der Waals surface area contributed by atoms with Gasteiger partial charge >= 0.3 is 6.03 Å². The molecular formula is C13H21N3O. The van der Waals surface area contributed by atoms with Crippen molar-refractivity contribution >= 4 is 6.03 Å². The van der Waals surface area contributed by atoms with Crippen LogP contribution in [0, 0.1) is 6.92 Å². The number of hydrogen-bond donors (Lipinski definition) is 2. The number of amides is 2. The highest BCUT2D eigenvalue weighted by Gasteiger charge is 2.01. The standard InChI is InChI=1S/C13H21N3O/c1-11-6-4-5-7-12(11)10-15-13(17)14-8-9-16(2)3/h4-7H,8-10H2,1-3H3,(H2,14,15,17). The summed E-state index contributed by atoms with van der Waals surface area (Å²) in [5.74, 6) is 0. The second-order valence-corrected chi connectivity index (χ2v) is 4.34. The molecule has 4 heteroatoms. The number of benzene rings is 1. The fourth-order valence-corrected chi connectivity index (χ4v) is 1.44. The molecule has 0 saturated heterocycles. The first-order valence-electron chi connectivity index (χ1n) is 5.80. The van der Waals surface area contributed by atoms with Crippen molar-refractivity contribution in [2.75, 3.05) is 27.2 Å². The Morgan fingerprint density at radius 2 is 1.94 bits per heavy atom. The highest BCUT2D eigenvalue weighted by Crippen LogP contribution is 2.05. The molecule has 0 aliphatic carbocycles. The van der Waals surface area contributed by atoms with E-state index in [-0.39, 0.29) is 6.03 Å². The van der Waals surface area contributed by atoms with Gasteiger partial charge in [-0.2, -0.15) is 0 Å². The Kier molecular flexibility index (Phi) is 5.49. The average molecular weight is 235 g/mol. The van der Waals surface area contributed by atoms with Gasteiger partial charge in [-0.3, -0.25) is 0 Å². The lowest BCUT2D eigenvalue weighted by atomic mass is 10.1. The molecule has 0 fully saturated rings. The van der Waals surface area contributed by atoms with E-state index in [1.807, 2.05) is 50.2 Å². The smallest absolute Gasteiger partial charge is 0.315 e. The van der Waals surface area contributed by atoms with Gasteiger partial charge in [0.25, 0.3) is 0 Å². The highest BCUT2D eigenvalue weighted by molar-refractivity contribution is 5.73. The zero-order chi connectivity index (χ0) is 12.7. The molecule has 0 atom stereocenters. The van der Waals surface area contributed by atoms with Crippen LogP contribution in [0.5, 0.6) is 0 Å². The molecule has 0 spiro atoms. The summed E-state index contributed by atoms with van der Waals surface area (Å²) in [6, 6.07) is 7.93. The third kappa shape index (κ3) is 5.36. The second-order valence-electron chi connectivity index (χ2n) is 4.34. The van der Waals surface area contributed by atoms with E-state index in [1.165, 1.54) is 5.56 Å². The molecule has 0 aliphatic heterocycles. The Balaban J connectivity index is 2.26. The fraction of sp³-hybridized carbons (Fsp3) is 0.462. The number of carbonyl (C=O) groups excluding carboxylic acids is 1. The van der Waals surface area contributed by atoms with Gasteiger partial charge in [-0.15, -0.1) is 0 Å². The predicted octanol–water partition coefficient (Wildman–Crippen LogP) is 1.36. The first-order chi connectivity index (χ1) is 8.09. The maximum absolute atomic E-state index is 11.5. The number of hydrogen-bond acceptors (Lipinski definition) is 2. The van der Waals surface area contributed by atoms with Gasteiger partial charge < -0.3 is 15.5 Å². The van der Waals surface area contributed by atoms with Crippen LogP contribution in [0.2, 0.25) is 0 Å². The third-order valence-electron chi connectivity index (χ3n) is 2.55.